The van der Waals surface area contributed by atoms with Gasteiger partial charge in [-0.25, -0.2) is 8.42 Å². The first-order valence-electron chi connectivity index (χ1n) is 6.69. The van der Waals surface area contributed by atoms with E-state index >= 15 is 0 Å². The topological polar surface area (TPSA) is 59.5 Å². The Balaban J connectivity index is 1.63. The fraction of sp³-hybridized carbons (Fsp3) is 0.267. The van der Waals surface area contributed by atoms with Gasteiger partial charge in [-0.05, 0) is 36.8 Å². The van der Waals surface area contributed by atoms with Gasteiger partial charge in [0.2, 0.25) is 10.0 Å². The van der Waals surface area contributed by atoms with Gasteiger partial charge in [0.1, 0.15) is 16.7 Å². The van der Waals surface area contributed by atoms with Gasteiger partial charge in [-0.1, -0.05) is 12.1 Å². The number of benzene rings is 1. The van der Waals surface area contributed by atoms with Gasteiger partial charge in [0.25, 0.3) is 0 Å². The van der Waals surface area contributed by atoms with E-state index in [0.29, 0.717) is 13.1 Å². The van der Waals surface area contributed by atoms with Crippen LogP contribution in [0.2, 0.25) is 0 Å². The zero-order chi connectivity index (χ0) is 14.9. The van der Waals surface area contributed by atoms with Gasteiger partial charge in [0.05, 0.1) is 13.1 Å². The van der Waals surface area contributed by atoms with E-state index in [2.05, 4.69) is 4.98 Å². The van der Waals surface area contributed by atoms with Gasteiger partial charge in [0, 0.05) is 12.4 Å². The van der Waals surface area contributed by atoms with Crippen LogP contribution in [0.15, 0.2) is 53.7 Å². The lowest BCUT2D eigenvalue weighted by Crippen LogP contribution is -2.55. The highest BCUT2D eigenvalue weighted by atomic mass is 32.2. The molecule has 110 valence electrons. The summed E-state index contributed by atoms with van der Waals surface area (Å²) in [7, 11) is -3.44. The molecule has 0 N–H and O–H groups in total. The molecule has 1 aromatic carbocycles. The van der Waals surface area contributed by atoms with E-state index in [1.165, 1.54) is 10.5 Å². The molecule has 2 aromatic rings. The third-order valence-corrected chi connectivity index (χ3v) is 5.19. The third kappa shape index (κ3) is 2.91. The molecule has 1 aromatic heterocycles. The summed E-state index contributed by atoms with van der Waals surface area (Å²) >= 11 is 0. The summed E-state index contributed by atoms with van der Waals surface area (Å²) in [5.74, 6) is 0.776. The molecular formula is C15H16N2O3S. The SMILES string of the molecule is Cc1cccc(OC2CN(S(=O)(=O)c3cccnc3)C2)c1. The van der Waals surface area contributed by atoms with Crippen molar-refractivity contribution in [3.8, 4) is 5.75 Å². The summed E-state index contributed by atoms with van der Waals surface area (Å²) in [4.78, 5) is 4.07. The lowest BCUT2D eigenvalue weighted by Gasteiger charge is -2.37. The smallest absolute Gasteiger partial charge is 0.244 e. The van der Waals surface area contributed by atoms with Crippen molar-refractivity contribution in [1.82, 2.24) is 9.29 Å². The predicted octanol–water partition coefficient (Wildman–Crippen LogP) is 1.84. The van der Waals surface area contributed by atoms with Crippen LogP contribution in [0.5, 0.6) is 5.75 Å². The summed E-state index contributed by atoms with van der Waals surface area (Å²) in [5, 5.41) is 0. The number of ether oxygens (including phenoxy) is 1. The largest absolute Gasteiger partial charge is 0.488 e. The number of aromatic nitrogens is 1. The highest BCUT2D eigenvalue weighted by Crippen LogP contribution is 2.24. The fourth-order valence-electron chi connectivity index (χ4n) is 2.20. The Labute approximate surface area is 124 Å². The first-order chi connectivity index (χ1) is 10.1. The highest BCUT2D eigenvalue weighted by molar-refractivity contribution is 7.89. The van der Waals surface area contributed by atoms with Crippen molar-refractivity contribution in [2.45, 2.75) is 17.9 Å². The average molecular weight is 304 g/mol. The molecule has 0 amide bonds. The molecular weight excluding hydrogens is 288 g/mol. The van der Waals surface area contributed by atoms with Crippen molar-refractivity contribution in [2.75, 3.05) is 13.1 Å². The standard InChI is InChI=1S/C15H16N2O3S/c1-12-4-2-5-13(8-12)20-14-10-17(11-14)21(18,19)15-6-3-7-16-9-15/h2-9,14H,10-11H2,1H3. The van der Waals surface area contributed by atoms with Crippen molar-refractivity contribution < 1.29 is 13.2 Å². The molecule has 0 unspecified atom stereocenters. The lowest BCUT2D eigenvalue weighted by molar-refractivity contribution is 0.0761. The number of aryl methyl sites for hydroxylation is 1. The van der Waals surface area contributed by atoms with Gasteiger partial charge in [-0.3, -0.25) is 4.98 Å². The van der Waals surface area contributed by atoms with E-state index in [0.717, 1.165) is 11.3 Å². The van der Waals surface area contributed by atoms with E-state index in [1.54, 1.807) is 18.3 Å². The van der Waals surface area contributed by atoms with Crippen LogP contribution in [-0.2, 0) is 10.0 Å². The van der Waals surface area contributed by atoms with Crippen molar-refractivity contribution in [2.24, 2.45) is 0 Å². The normalized spacial score (nSPS) is 16.4. The second-order valence-electron chi connectivity index (χ2n) is 5.07. The van der Waals surface area contributed by atoms with Crippen LogP contribution in [0.1, 0.15) is 5.56 Å². The molecule has 1 aliphatic rings. The van der Waals surface area contributed by atoms with Gasteiger partial charge >= 0.3 is 0 Å². The predicted molar refractivity (Wildman–Crippen MR) is 78.6 cm³/mol. The average Bonchev–Trinajstić information content (AvgIpc) is 2.43. The van der Waals surface area contributed by atoms with E-state index in [-0.39, 0.29) is 11.0 Å². The Hall–Kier alpha value is -1.92. The molecule has 3 rings (SSSR count). The minimum Gasteiger partial charge on any atom is -0.488 e. The van der Waals surface area contributed by atoms with E-state index in [9.17, 15) is 8.42 Å². The van der Waals surface area contributed by atoms with Gasteiger partial charge in [0.15, 0.2) is 0 Å². The Kier molecular flexibility index (Phi) is 3.65. The Morgan fingerprint density at radius 1 is 1.24 bits per heavy atom. The minimum atomic E-state index is -3.44. The molecule has 21 heavy (non-hydrogen) atoms. The molecule has 6 heteroatoms. The second kappa shape index (κ2) is 5.46. The van der Waals surface area contributed by atoms with E-state index < -0.39 is 10.0 Å². The van der Waals surface area contributed by atoms with Crippen molar-refractivity contribution in [3.63, 3.8) is 0 Å². The lowest BCUT2D eigenvalue weighted by atomic mass is 10.2. The van der Waals surface area contributed by atoms with E-state index in [1.807, 2.05) is 31.2 Å². The first kappa shape index (κ1) is 14.0. The van der Waals surface area contributed by atoms with Crippen LogP contribution in [0.3, 0.4) is 0 Å². The van der Waals surface area contributed by atoms with Crippen LogP contribution in [0.4, 0.5) is 0 Å². The van der Waals surface area contributed by atoms with Crippen molar-refractivity contribution in [3.05, 3.63) is 54.4 Å². The van der Waals surface area contributed by atoms with Crippen LogP contribution < -0.4 is 4.74 Å². The molecule has 1 aliphatic heterocycles. The minimum absolute atomic E-state index is 0.0988. The highest BCUT2D eigenvalue weighted by Gasteiger charge is 2.38. The monoisotopic (exact) mass is 304 g/mol. The number of nitrogens with zero attached hydrogens (tertiary/aromatic N) is 2. The molecule has 0 saturated carbocycles. The van der Waals surface area contributed by atoms with Crippen LogP contribution in [0.25, 0.3) is 0 Å². The van der Waals surface area contributed by atoms with Crippen LogP contribution >= 0.6 is 0 Å². The number of rotatable bonds is 4. The quantitative estimate of drug-likeness (QED) is 0.865. The molecule has 0 atom stereocenters. The summed E-state index contributed by atoms with van der Waals surface area (Å²) in [6.07, 6.45) is 2.82. The second-order valence-corrected chi connectivity index (χ2v) is 7.01. The number of hydrogen-bond acceptors (Lipinski definition) is 4. The number of sulfonamides is 1. The number of hydrogen-bond donors (Lipinski definition) is 0. The molecule has 2 heterocycles. The summed E-state index contributed by atoms with van der Waals surface area (Å²) in [6, 6.07) is 10.9. The number of pyridine rings is 1. The van der Waals surface area contributed by atoms with Crippen molar-refractivity contribution >= 4 is 10.0 Å². The Bertz CT molecular complexity index is 726. The maximum absolute atomic E-state index is 12.3. The molecule has 0 aliphatic carbocycles. The van der Waals surface area contributed by atoms with Crippen LogP contribution in [-0.4, -0.2) is 36.9 Å². The fourth-order valence-corrected chi connectivity index (χ4v) is 3.67. The maximum Gasteiger partial charge on any atom is 0.244 e. The van der Waals surface area contributed by atoms with Crippen molar-refractivity contribution in [1.29, 1.82) is 0 Å². The molecule has 0 spiro atoms. The maximum atomic E-state index is 12.3. The molecule has 0 bridgehead atoms. The van der Waals surface area contributed by atoms with Gasteiger partial charge < -0.3 is 4.74 Å². The Morgan fingerprint density at radius 2 is 2.05 bits per heavy atom. The Morgan fingerprint density at radius 3 is 2.71 bits per heavy atom. The van der Waals surface area contributed by atoms with E-state index in [4.69, 9.17) is 4.74 Å². The first-order valence-corrected chi connectivity index (χ1v) is 8.13. The molecule has 1 fully saturated rings. The summed E-state index contributed by atoms with van der Waals surface area (Å²) in [5.41, 5.74) is 1.12. The van der Waals surface area contributed by atoms with Gasteiger partial charge in [-0.2, -0.15) is 4.31 Å². The third-order valence-electron chi connectivity index (χ3n) is 3.38. The molecule has 1 saturated heterocycles. The zero-order valence-electron chi connectivity index (χ0n) is 11.6. The zero-order valence-corrected chi connectivity index (χ0v) is 12.5. The summed E-state index contributed by atoms with van der Waals surface area (Å²) < 4.78 is 31.8. The molecule has 0 radical (unpaired) electrons. The molecule has 5 nitrogen and oxygen atoms in total. The van der Waals surface area contributed by atoms with Crippen LogP contribution in [0, 0.1) is 6.92 Å². The summed E-state index contributed by atoms with van der Waals surface area (Å²) in [6.45, 7) is 2.73. The van der Waals surface area contributed by atoms with Gasteiger partial charge in [-0.15, -0.1) is 0 Å².